The molecular formula is C23H24O13. The van der Waals surface area contributed by atoms with E-state index in [0.717, 1.165) is 12.1 Å². The molecule has 194 valence electrons. The Morgan fingerprint density at radius 3 is 2.11 bits per heavy atom. The molecule has 0 bridgehead atoms. The van der Waals surface area contributed by atoms with Crippen LogP contribution in [0.3, 0.4) is 0 Å². The first kappa shape index (κ1) is 25.3. The van der Waals surface area contributed by atoms with Gasteiger partial charge in [-0.25, -0.2) is 0 Å². The number of fused-ring (bicyclic) bond motifs is 1. The highest BCUT2D eigenvalue weighted by atomic mass is 16.7. The Hall–Kier alpha value is -3.75. The zero-order valence-electron chi connectivity index (χ0n) is 19.0. The summed E-state index contributed by atoms with van der Waals surface area (Å²) < 4.78 is 26.9. The summed E-state index contributed by atoms with van der Waals surface area (Å²) >= 11 is 0. The molecule has 1 fully saturated rings. The third-order valence-corrected chi connectivity index (χ3v) is 5.76. The standard InChI is InChI=1S/C23H24O13/c1-32-13-3-8(4-14(33-2)17(13)28)12-6-10(26)16-9(25)5-11(27)21(22(16)34-12)36-23-20(31)19(30)18(29)15(7-24)35-23/h3-6,15,18-20,23-25,27-31H,7H2,1-2H3. The smallest absolute Gasteiger partial charge is 0.229 e. The molecule has 0 amide bonds. The Bertz CT molecular complexity index is 1310. The lowest BCUT2D eigenvalue weighted by atomic mass is 9.99. The van der Waals surface area contributed by atoms with E-state index in [1.807, 2.05) is 0 Å². The number of phenolic OH excluding ortho intramolecular Hbond substituents is 3. The summed E-state index contributed by atoms with van der Waals surface area (Å²) in [5.74, 6) is -2.28. The summed E-state index contributed by atoms with van der Waals surface area (Å²) in [6, 6.07) is 4.55. The fourth-order valence-electron chi connectivity index (χ4n) is 3.85. The third-order valence-electron chi connectivity index (χ3n) is 5.76. The highest BCUT2D eigenvalue weighted by Gasteiger charge is 2.45. The average Bonchev–Trinajstić information content (AvgIpc) is 2.85. The monoisotopic (exact) mass is 508 g/mol. The summed E-state index contributed by atoms with van der Waals surface area (Å²) in [6.45, 7) is -0.725. The summed E-state index contributed by atoms with van der Waals surface area (Å²) in [7, 11) is 2.61. The molecule has 2 heterocycles. The van der Waals surface area contributed by atoms with Gasteiger partial charge >= 0.3 is 0 Å². The number of rotatable bonds is 6. The molecule has 3 aromatic rings. The van der Waals surface area contributed by atoms with E-state index in [4.69, 9.17) is 23.4 Å². The molecule has 0 aliphatic carbocycles. The lowest BCUT2D eigenvalue weighted by Gasteiger charge is -2.39. The predicted octanol–water partition coefficient (Wildman–Crippen LogP) is -0.227. The maximum Gasteiger partial charge on any atom is 0.229 e. The quantitative estimate of drug-likeness (QED) is 0.230. The molecule has 4 rings (SSSR count). The lowest BCUT2D eigenvalue weighted by Crippen LogP contribution is -2.60. The van der Waals surface area contributed by atoms with Crippen molar-refractivity contribution in [2.75, 3.05) is 20.8 Å². The number of aliphatic hydroxyl groups is 4. The number of aliphatic hydroxyl groups excluding tert-OH is 4. The topological polar surface area (TPSA) is 209 Å². The molecule has 7 N–H and O–H groups in total. The second kappa shape index (κ2) is 9.72. The van der Waals surface area contributed by atoms with Crippen molar-refractivity contribution >= 4 is 11.0 Å². The van der Waals surface area contributed by atoms with Crippen molar-refractivity contribution in [2.45, 2.75) is 30.7 Å². The van der Waals surface area contributed by atoms with Crippen LogP contribution in [0, 0.1) is 0 Å². The van der Waals surface area contributed by atoms with E-state index in [-0.39, 0.29) is 34.0 Å². The van der Waals surface area contributed by atoms with Crippen molar-refractivity contribution in [1.82, 2.24) is 0 Å². The van der Waals surface area contributed by atoms with Crippen LogP contribution in [0.4, 0.5) is 0 Å². The molecule has 0 radical (unpaired) electrons. The van der Waals surface area contributed by atoms with E-state index in [1.54, 1.807) is 0 Å². The molecule has 1 aliphatic rings. The van der Waals surface area contributed by atoms with E-state index in [1.165, 1.54) is 26.4 Å². The summed E-state index contributed by atoms with van der Waals surface area (Å²) in [5.41, 5.74) is -0.978. The molecule has 0 saturated carbocycles. The van der Waals surface area contributed by atoms with Crippen LogP contribution in [0.2, 0.25) is 0 Å². The van der Waals surface area contributed by atoms with Gasteiger partial charge in [0.15, 0.2) is 28.3 Å². The number of aromatic hydroxyl groups is 3. The van der Waals surface area contributed by atoms with Gasteiger partial charge in [0.2, 0.25) is 17.8 Å². The van der Waals surface area contributed by atoms with E-state index in [9.17, 15) is 40.5 Å². The molecule has 1 aromatic heterocycles. The largest absolute Gasteiger partial charge is 0.507 e. The minimum absolute atomic E-state index is 0.00337. The van der Waals surface area contributed by atoms with Crippen LogP contribution in [0.1, 0.15) is 0 Å². The van der Waals surface area contributed by atoms with Gasteiger partial charge in [-0.3, -0.25) is 4.79 Å². The Morgan fingerprint density at radius 2 is 1.53 bits per heavy atom. The molecule has 5 unspecified atom stereocenters. The van der Waals surface area contributed by atoms with Gasteiger partial charge in [0.05, 0.1) is 20.8 Å². The molecule has 2 aromatic carbocycles. The summed E-state index contributed by atoms with van der Waals surface area (Å²) in [4.78, 5) is 12.9. The minimum atomic E-state index is -1.83. The molecule has 0 spiro atoms. The Balaban J connectivity index is 1.88. The molecule has 36 heavy (non-hydrogen) atoms. The van der Waals surface area contributed by atoms with Crippen LogP contribution in [0.25, 0.3) is 22.3 Å². The van der Waals surface area contributed by atoms with Gasteiger partial charge in [0, 0.05) is 17.7 Å². The first-order valence-electron chi connectivity index (χ1n) is 10.6. The van der Waals surface area contributed by atoms with Crippen LogP contribution in [0.15, 0.2) is 33.5 Å². The lowest BCUT2D eigenvalue weighted by molar-refractivity contribution is -0.277. The second-order valence-corrected chi connectivity index (χ2v) is 7.97. The Morgan fingerprint density at radius 1 is 0.889 bits per heavy atom. The fraction of sp³-hybridized carbons (Fsp3) is 0.348. The maximum atomic E-state index is 12.9. The Kier molecular flexibility index (Phi) is 6.84. The van der Waals surface area contributed by atoms with Crippen LogP contribution in [0.5, 0.6) is 34.5 Å². The SMILES string of the molecule is COc1cc(-c2cc(=O)c3c(O)cc(O)c(OC4OC(CO)C(O)C(O)C4O)c3o2)cc(OC)c1O. The number of ether oxygens (including phenoxy) is 4. The van der Waals surface area contributed by atoms with Crippen molar-refractivity contribution in [3.8, 4) is 45.8 Å². The number of hydrogen-bond donors (Lipinski definition) is 7. The number of benzene rings is 2. The van der Waals surface area contributed by atoms with Gasteiger partial charge in [-0.05, 0) is 12.1 Å². The number of hydrogen-bond acceptors (Lipinski definition) is 13. The van der Waals surface area contributed by atoms with E-state index in [2.05, 4.69) is 0 Å². The van der Waals surface area contributed by atoms with Crippen molar-refractivity contribution in [1.29, 1.82) is 0 Å². The highest BCUT2D eigenvalue weighted by Crippen LogP contribution is 2.44. The van der Waals surface area contributed by atoms with Gasteiger partial charge in [0.1, 0.15) is 41.3 Å². The first-order valence-corrected chi connectivity index (χ1v) is 10.6. The molecular weight excluding hydrogens is 484 g/mol. The minimum Gasteiger partial charge on any atom is -0.507 e. The summed E-state index contributed by atoms with van der Waals surface area (Å²) in [6.07, 6.45) is -8.28. The van der Waals surface area contributed by atoms with Gasteiger partial charge in [0.25, 0.3) is 0 Å². The van der Waals surface area contributed by atoms with Crippen LogP contribution in [-0.2, 0) is 4.74 Å². The van der Waals surface area contributed by atoms with Gasteiger partial charge in [-0.1, -0.05) is 0 Å². The van der Waals surface area contributed by atoms with Gasteiger partial charge < -0.3 is 59.1 Å². The summed E-state index contributed by atoms with van der Waals surface area (Å²) in [5, 5.41) is 70.3. The molecule has 13 nitrogen and oxygen atoms in total. The number of phenols is 3. The van der Waals surface area contributed by atoms with Crippen molar-refractivity contribution in [3.63, 3.8) is 0 Å². The third kappa shape index (κ3) is 4.23. The zero-order valence-corrected chi connectivity index (χ0v) is 19.0. The van der Waals surface area contributed by atoms with Crippen molar-refractivity contribution in [2.24, 2.45) is 0 Å². The average molecular weight is 508 g/mol. The normalized spacial score (nSPS) is 24.0. The van der Waals surface area contributed by atoms with E-state index in [0.29, 0.717) is 0 Å². The van der Waals surface area contributed by atoms with E-state index < -0.39 is 65.6 Å². The molecule has 13 heteroatoms. The van der Waals surface area contributed by atoms with Crippen LogP contribution >= 0.6 is 0 Å². The van der Waals surface area contributed by atoms with Crippen molar-refractivity contribution < 1.29 is 59.1 Å². The maximum absolute atomic E-state index is 12.9. The van der Waals surface area contributed by atoms with Crippen LogP contribution < -0.4 is 19.6 Å². The van der Waals surface area contributed by atoms with E-state index >= 15 is 0 Å². The molecule has 1 aliphatic heterocycles. The number of methoxy groups -OCH3 is 2. The fourth-order valence-corrected chi connectivity index (χ4v) is 3.85. The Labute approximate surface area is 202 Å². The zero-order chi connectivity index (χ0) is 26.3. The molecule has 1 saturated heterocycles. The second-order valence-electron chi connectivity index (χ2n) is 7.97. The van der Waals surface area contributed by atoms with Crippen molar-refractivity contribution in [3.05, 3.63) is 34.5 Å². The highest BCUT2D eigenvalue weighted by molar-refractivity contribution is 5.91. The first-order chi connectivity index (χ1) is 17.1. The van der Waals surface area contributed by atoms with Gasteiger partial charge in [-0.2, -0.15) is 0 Å². The predicted molar refractivity (Wildman–Crippen MR) is 120 cm³/mol. The van der Waals surface area contributed by atoms with Crippen LogP contribution in [-0.4, -0.2) is 87.3 Å². The van der Waals surface area contributed by atoms with Gasteiger partial charge in [-0.15, -0.1) is 0 Å². The molecule has 5 atom stereocenters.